The van der Waals surface area contributed by atoms with E-state index >= 15 is 0 Å². The summed E-state index contributed by atoms with van der Waals surface area (Å²) in [6.07, 6.45) is 1.91. The van der Waals surface area contributed by atoms with Gasteiger partial charge in [0.05, 0.1) is 10.6 Å². The van der Waals surface area contributed by atoms with Crippen molar-refractivity contribution >= 4 is 43.8 Å². The zero-order valence-electron chi connectivity index (χ0n) is 16.2. The number of hydrogen-bond donors (Lipinski definition) is 1. The van der Waals surface area contributed by atoms with Crippen molar-refractivity contribution in [3.63, 3.8) is 0 Å². The quantitative estimate of drug-likeness (QED) is 0.394. The van der Waals surface area contributed by atoms with E-state index in [0.29, 0.717) is 5.13 Å². The van der Waals surface area contributed by atoms with Crippen molar-refractivity contribution in [1.29, 1.82) is 0 Å². The molecule has 142 valence electrons. The Hall–Kier alpha value is -2.50. The Morgan fingerprint density at radius 2 is 1.93 bits per heavy atom. The van der Waals surface area contributed by atoms with Gasteiger partial charge in [-0.3, -0.25) is 10.1 Å². The molecule has 0 aliphatic carbocycles. The zero-order valence-corrected chi connectivity index (χ0v) is 17.8. The Morgan fingerprint density at radius 1 is 1.11 bits per heavy atom. The Balaban J connectivity index is 1.61. The van der Waals surface area contributed by atoms with Gasteiger partial charge in [-0.1, -0.05) is 43.7 Å². The number of thiazole rings is 1. The maximum Gasteiger partial charge on any atom is 0.267 e. The first-order valence-electron chi connectivity index (χ1n) is 9.41. The molecule has 0 bridgehead atoms. The standard InChI is InChI=1S/C23H22N2OS2/c1-4-7-18-17-8-5-6-9-20(17)28-21(18)22(26)25-23-24-19(13-27-23)16-11-10-14(2)15(3)12-16/h5-6,8-13H,4,7H2,1-3H3,(H,24,25,26). The van der Waals surface area contributed by atoms with E-state index in [1.807, 2.05) is 17.5 Å². The highest BCUT2D eigenvalue weighted by atomic mass is 32.1. The number of aromatic nitrogens is 1. The Morgan fingerprint density at radius 3 is 2.71 bits per heavy atom. The van der Waals surface area contributed by atoms with Crippen molar-refractivity contribution < 1.29 is 4.79 Å². The number of rotatable bonds is 5. The molecule has 0 aliphatic heterocycles. The number of nitrogens with one attached hydrogen (secondary N) is 1. The summed E-state index contributed by atoms with van der Waals surface area (Å²) in [5.41, 5.74) is 5.62. The molecule has 2 heterocycles. The lowest BCUT2D eigenvalue weighted by molar-refractivity contribution is 0.103. The summed E-state index contributed by atoms with van der Waals surface area (Å²) in [4.78, 5) is 18.4. The lowest BCUT2D eigenvalue weighted by atomic mass is 10.1. The van der Waals surface area contributed by atoms with Crippen LogP contribution >= 0.6 is 22.7 Å². The van der Waals surface area contributed by atoms with Gasteiger partial charge in [-0.2, -0.15) is 0 Å². The first-order valence-corrected chi connectivity index (χ1v) is 11.1. The molecule has 0 saturated heterocycles. The number of anilines is 1. The van der Waals surface area contributed by atoms with E-state index in [1.54, 1.807) is 11.3 Å². The number of aryl methyl sites for hydroxylation is 3. The number of nitrogens with zero attached hydrogens (tertiary/aromatic N) is 1. The molecule has 0 aliphatic rings. The molecule has 0 spiro atoms. The van der Waals surface area contributed by atoms with Gasteiger partial charge in [0.25, 0.3) is 5.91 Å². The van der Waals surface area contributed by atoms with E-state index in [0.717, 1.165) is 39.2 Å². The molecular weight excluding hydrogens is 384 g/mol. The van der Waals surface area contributed by atoms with Crippen LogP contribution in [0.2, 0.25) is 0 Å². The fourth-order valence-electron chi connectivity index (χ4n) is 3.30. The van der Waals surface area contributed by atoms with Crippen LogP contribution in [0, 0.1) is 13.8 Å². The maximum absolute atomic E-state index is 13.0. The van der Waals surface area contributed by atoms with E-state index in [4.69, 9.17) is 0 Å². The lowest BCUT2D eigenvalue weighted by Gasteiger charge is -2.04. The van der Waals surface area contributed by atoms with E-state index < -0.39 is 0 Å². The zero-order chi connectivity index (χ0) is 19.7. The summed E-state index contributed by atoms with van der Waals surface area (Å²) in [6.45, 7) is 6.35. The van der Waals surface area contributed by atoms with Gasteiger partial charge in [-0.05, 0) is 54.5 Å². The third kappa shape index (κ3) is 3.60. The van der Waals surface area contributed by atoms with E-state index in [2.05, 4.69) is 61.4 Å². The molecule has 2 aromatic carbocycles. The summed E-state index contributed by atoms with van der Waals surface area (Å²) in [7, 11) is 0. The molecule has 0 unspecified atom stereocenters. The minimum atomic E-state index is -0.0642. The minimum absolute atomic E-state index is 0.0642. The average Bonchev–Trinajstić information content (AvgIpc) is 3.29. The van der Waals surface area contributed by atoms with Crippen LogP contribution in [0.3, 0.4) is 0 Å². The van der Waals surface area contributed by atoms with Crippen molar-refractivity contribution in [2.24, 2.45) is 0 Å². The normalized spacial score (nSPS) is 11.1. The lowest BCUT2D eigenvalue weighted by Crippen LogP contribution is -2.12. The molecule has 1 amide bonds. The maximum atomic E-state index is 13.0. The van der Waals surface area contributed by atoms with Crippen molar-refractivity contribution in [3.05, 3.63) is 69.4 Å². The van der Waals surface area contributed by atoms with Gasteiger partial charge in [-0.15, -0.1) is 22.7 Å². The number of fused-ring (bicyclic) bond motifs is 1. The van der Waals surface area contributed by atoms with Crippen LogP contribution in [-0.2, 0) is 6.42 Å². The molecular formula is C23H22N2OS2. The molecule has 28 heavy (non-hydrogen) atoms. The smallest absolute Gasteiger partial charge is 0.267 e. The van der Waals surface area contributed by atoms with Crippen molar-refractivity contribution in [1.82, 2.24) is 4.98 Å². The molecule has 0 fully saturated rings. The third-order valence-electron chi connectivity index (χ3n) is 4.93. The van der Waals surface area contributed by atoms with Gasteiger partial charge in [-0.25, -0.2) is 4.98 Å². The SMILES string of the molecule is CCCc1c(C(=O)Nc2nc(-c3ccc(C)c(C)c3)cs2)sc2ccccc12. The molecule has 4 aromatic rings. The van der Waals surface area contributed by atoms with Gasteiger partial charge in [0.15, 0.2) is 5.13 Å². The van der Waals surface area contributed by atoms with Gasteiger partial charge in [0.2, 0.25) is 0 Å². The summed E-state index contributed by atoms with van der Waals surface area (Å²) in [5, 5.41) is 6.84. The third-order valence-corrected chi connectivity index (χ3v) is 6.90. The predicted molar refractivity (Wildman–Crippen MR) is 121 cm³/mol. The van der Waals surface area contributed by atoms with Crippen LogP contribution < -0.4 is 5.32 Å². The number of hydrogen-bond acceptors (Lipinski definition) is 4. The van der Waals surface area contributed by atoms with Gasteiger partial charge in [0.1, 0.15) is 0 Å². The number of carbonyl (C=O) groups is 1. The highest BCUT2D eigenvalue weighted by Crippen LogP contribution is 2.33. The second kappa shape index (κ2) is 7.86. The summed E-state index contributed by atoms with van der Waals surface area (Å²) < 4.78 is 1.16. The van der Waals surface area contributed by atoms with Gasteiger partial charge in [0, 0.05) is 15.6 Å². The molecule has 0 saturated carbocycles. The fourth-order valence-corrected chi connectivity index (χ4v) is 5.16. The van der Waals surface area contributed by atoms with Crippen LogP contribution in [0.5, 0.6) is 0 Å². The molecule has 0 atom stereocenters. The molecule has 0 radical (unpaired) electrons. The van der Waals surface area contributed by atoms with Crippen LogP contribution in [-0.4, -0.2) is 10.9 Å². The number of thiophene rings is 1. The van der Waals surface area contributed by atoms with Gasteiger partial charge < -0.3 is 0 Å². The second-order valence-electron chi connectivity index (χ2n) is 6.95. The van der Waals surface area contributed by atoms with Gasteiger partial charge >= 0.3 is 0 Å². The summed E-state index contributed by atoms with van der Waals surface area (Å²) >= 11 is 3.03. The first-order chi connectivity index (χ1) is 13.6. The number of benzene rings is 2. The van der Waals surface area contributed by atoms with E-state index in [9.17, 15) is 4.79 Å². The highest BCUT2D eigenvalue weighted by Gasteiger charge is 2.19. The molecule has 3 nitrogen and oxygen atoms in total. The number of amides is 1. The van der Waals surface area contributed by atoms with Crippen LogP contribution in [0.15, 0.2) is 47.8 Å². The van der Waals surface area contributed by atoms with Crippen molar-refractivity contribution in [2.45, 2.75) is 33.6 Å². The molecule has 4 rings (SSSR count). The van der Waals surface area contributed by atoms with Crippen LogP contribution in [0.4, 0.5) is 5.13 Å². The largest absolute Gasteiger partial charge is 0.297 e. The van der Waals surface area contributed by atoms with Crippen molar-refractivity contribution in [3.8, 4) is 11.3 Å². The predicted octanol–water partition coefficient (Wildman–Crippen LogP) is 6.85. The Kier molecular flexibility index (Phi) is 5.29. The van der Waals surface area contributed by atoms with Crippen molar-refractivity contribution in [2.75, 3.05) is 5.32 Å². The first kappa shape index (κ1) is 18.8. The number of carbonyl (C=O) groups excluding carboxylic acids is 1. The Bertz CT molecular complexity index is 1160. The molecule has 2 aromatic heterocycles. The summed E-state index contributed by atoms with van der Waals surface area (Å²) in [5.74, 6) is -0.0642. The molecule has 5 heteroatoms. The Labute approximate surface area is 173 Å². The monoisotopic (exact) mass is 406 g/mol. The van der Waals surface area contributed by atoms with Crippen LogP contribution in [0.25, 0.3) is 21.3 Å². The fraction of sp³-hybridized carbons (Fsp3) is 0.217. The second-order valence-corrected chi connectivity index (χ2v) is 8.86. The average molecular weight is 407 g/mol. The minimum Gasteiger partial charge on any atom is -0.297 e. The summed E-state index contributed by atoms with van der Waals surface area (Å²) in [6, 6.07) is 14.6. The van der Waals surface area contributed by atoms with E-state index in [1.165, 1.54) is 27.8 Å². The molecule has 1 N–H and O–H groups in total. The highest BCUT2D eigenvalue weighted by molar-refractivity contribution is 7.21. The van der Waals surface area contributed by atoms with E-state index in [-0.39, 0.29) is 5.91 Å². The topological polar surface area (TPSA) is 42.0 Å². The van der Waals surface area contributed by atoms with Crippen LogP contribution in [0.1, 0.15) is 39.7 Å².